The van der Waals surface area contributed by atoms with Crippen LogP contribution in [0.25, 0.3) is 22.0 Å². The fraction of sp³-hybridized carbons (Fsp3) is 0.267. The quantitative estimate of drug-likeness (QED) is 0.338. The number of carbonyl (C=O) groups excluding carboxylic acids is 1. The number of hydrogen-bond donors (Lipinski definition) is 2. The lowest BCUT2D eigenvalue weighted by Crippen LogP contribution is -2.35. The monoisotopic (exact) mass is 540 g/mol. The number of nitrogens with one attached hydrogen (secondary N) is 2. The van der Waals surface area contributed by atoms with Gasteiger partial charge in [0.25, 0.3) is 5.91 Å². The number of amides is 1. The summed E-state index contributed by atoms with van der Waals surface area (Å²) in [6.45, 7) is 5.58. The first-order valence-electron chi connectivity index (χ1n) is 13.2. The summed E-state index contributed by atoms with van der Waals surface area (Å²) in [5.41, 5.74) is 2.91. The maximum atomic E-state index is 14.7. The van der Waals surface area contributed by atoms with Crippen molar-refractivity contribution >= 4 is 22.5 Å². The number of aromatic nitrogens is 4. The van der Waals surface area contributed by atoms with Gasteiger partial charge in [0.2, 0.25) is 5.88 Å². The third-order valence-electron chi connectivity index (χ3n) is 7.02. The Morgan fingerprint density at radius 1 is 1.15 bits per heavy atom. The summed E-state index contributed by atoms with van der Waals surface area (Å²) in [5.74, 6) is 0.0529. The number of benzene rings is 1. The second-order valence-electron chi connectivity index (χ2n) is 10.1. The third kappa shape index (κ3) is 5.63. The van der Waals surface area contributed by atoms with Crippen molar-refractivity contribution in [3.63, 3.8) is 0 Å². The Morgan fingerprint density at radius 3 is 2.83 bits per heavy atom. The number of morpholine rings is 1. The molecule has 1 saturated heterocycles. The average molecular weight is 541 g/mol. The van der Waals surface area contributed by atoms with Gasteiger partial charge < -0.3 is 14.8 Å². The molecule has 1 atom stereocenters. The molecule has 4 heterocycles. The van der Waals surface area contributed by atoms with Crippen LogP contribution in [0.2, 0.25) is 0 Å². The topological polar surface area (TPSA) is 105 Å². The van der Waals surface area contributed by atoms with Crippen LogP contribution in [-0.2, 0) is 11.3 Å². The summed E-state index contributed by atoms with van der Waals surface area (Å²) >= 11 is 0. The molecule has 10 heteroatoms. The molecule has 0 spiro atoms. The number of pyridine rings is 2. The van der Waals surface area contributed by atoms with E-state index >= 15 is 0 Å². The number of hydrogen-bond acceptors (Lipinski definition) is 7. The smallest absolute Gasteiger partial charge is 0.276 e. The minimum Gasteiger partial charge on any atom is -0.440 e. The van der Waals surface area contributed by atoms with Crippen LogP contribution in [-0.4, -0.2) is 62.9 Å². The van der Waals surface area contributed by atoms with Crippen molar-refractivity contribution in [3.05, 3.63) is 90.2 Å². The van der Waals surface area contributed by atoms with Crippen LogP contribution in [0.15, 0.2) is 79.0 Å². The number of H-pyrrole nitrogens is 1. The molecule has 0 saturated carbocycles. The van der Waals surface area contributed by atoms with Crippen molar-refractivity contribution in [1.29, 1.82) is 0 Å². The largest absolute Gasteiger partial charge is 0.440 e. The van der Waals surface area contributed by atoms with Crippen LogP contribution < -0.4 is 10.1 Å². The lowest BCUT2D eigenvalue weighted by Gasteiger charge is -2.26. The van der Waals surface area contributed by atoms with Gasteiger partial charge in [0.05, 0.1) is 30.6 Å². The molecule has 1 amide bonds. The summed E-state index contributed by atoms with van der Waals surface area (Å²) < 4.78 is 25.8. The number of allylic oxidation sites excluding steroid dienone is 4. The van der Waals surface area contributed by atoms with Crippen molar-refractivity contribution < 1.29 is 18.7 Å². The van der Waals surface area contributed by atoms with Gasteiger partial charge in [0, 0.05) is 55.5 Å². The van der Waals surface area contributed by atoms with Gasteiger partial charge in [0.1, 0.15) is 5.76 Å². The van der Waals surface area contributed by atoms with Gasteiger partial charge in [-0.1, -0.05) is 18.2 Å². The molecule has 3 aromatic heterocycles. The van der Waals surface area contributed by atoms with Crippen molar-refractivity contribution in [2.24, 2.45) is 0 Å². The van der Waals surface area contributed by atoms with E-state index < -0.39 is 5.67 Å². The van der Waals surface area contributed by atoms with E-state index in [-0.39, 0.29) is 29.7 Å². The highest BCUT2D eigenvalue weighted by atomic mass is 19.1. The van der Waals surface area contributed by atoms with Crippen LogP contribution in [0.1, 0.15) is 29.4 Å². The highest BCUT2D eigenvalue weighted by molar-refractivity contribution is 6.11. The van der Waals surface area contributed by atoms with Crippen LogP contribution in [0.5, 0.6) is 5.88 Å². The maximum Gasteiger partial charge on any atom is 0.276 e. The predicted octanol–water partition coefficient (Wildman–Crippen LogP) is 5.06. The Balaban J connectivity index is 1.17. The molecule has 1 fully saturated rings. The number of ether oxygens (including phenoxy) is 2. The van der Waals surface area contributed by atoms with E-state index in [1.165, 1.54) is 13.1 Å². The van der Waals surface area contributed by atoms with Gasteiger partial charge in [-0.2, -0.15) is 5.10 Å². The molecule has 2 aliphatic rings. The zero-order valence-electron chi connectivity index (χ0n) is 22.1. The van der Waals surface area contributed by atoms with Gasteiger partial charge in [-0.15, -0.1) is 0 Å². The lowest BCUT2D eigenvalue weighted by molar-refractivity contribution is 0.0341. The zero-order valence-corrected chi connectivity index (χ0v) is 22.1. The SMILES string of the molecule is CC1(F)CC=CC=C1Oc1ccc(NC(=O)c2n[nH]c3ccc(-c4cncc(CN5CCOCC5)c4)cc23)cn1. The van der Waals surface area contributed by atoms with Gasteiger partial charge in [0.15, 0.2) is 11.4 Å². The van der Waals surface area contributed by atoms with Gasteiger partial charge in [-0.05, 0) is 48.4 Å². The van der Waals surface area contributed by atoms with Crippen LogP contribution in [0, 0.1) is 0 Å². The molecular formula is C30H29FN6O3. The maximum absolute atomic E-state index is 14.7. The van der Waals surface area contributed by atoms with Crippen LogP contribution >= 0.6 is 0 Å². The minimum absolute atomic E-state index is 0.194. The number of carbonyl (C=O) groups is 1. The highest BCUT2D eigenvalue weighted by Crippen LogP contribution is 2.31. The summed E-state index contributed by atoms with van der Waals surface area (Å²) in [4.78, 5) is 24.2. The highest BCUT2D eigenvalue weighted by Gasteiger charge is 2.31. The normalized spacial score (nSPS) is 19.4. The first-order chi connectivity index (χ1) is 19.4. The lowest BCUT2D eigenvalue weighted by atomic mass is 9.97. The fourth-order valence-electron chi connectivity index (χ4n) is 4.79. The number of anilines is 1. The Hall–Kier alpha value is -4.41. The molecule has 204 valence electrons. The van der Waals surface area contributed by atoms with E-state index in [2.05, 4.69) is 36.4 Å². The van der Waals surface area contributed by atoms with Crippen molar-refractivity contribution in [2.75, 3.05) is 31.6 Å². The van der Waals surface area contributed by atoms with Crippen molar-refractivity contribution in [1.82, 2.24) is 25.1 Å². The molecule has 0 radical (unpaired) electrons. The first-order valence-corrected chi connectivity index (χ1v) is 13.2. The number of rotatable bonds is 7. The molecule has 2 N–H and O–H groups in total. The van der Waals surface area contributed by atoms with E-state index in [9.17, 15) is 9.18 Å². The number of halogens is 1. The Kier molecular flexibility index (Phi) is 7.10. The van der Waals surface area contributed by atoms with Crippen LogP contribution in [0.3, 0.4) is 0 Å². The second kappa shape index (κ2) is 11.0. The Bertz CT molecular complexity index is 1590. The summed E-state index contributed by atoms with van der Waals surface area (Å²) in [7, 11) is 0. The van der Waals surface area contributed by atoms with Crippen molar-refractivity contribution in [3.8, 4) is 17.0 Å². The fourth-order valence-corrected chi connectivity index (χ4v) is 4.79. The molecule has 1 aromatic carbocycles. The number of nitrogens with zero attached hydrogens (tertiary/aromatic N) is 4. The average Bonchev–Trinajstić information content (AvgIpc) is 3.39. The number of alkyl halides is 1. The van der Waals surface area contributed by atoms with Gasteiger partial charge >= 0.3 is 0 Å². The molecule has 6 rings (SSSR count). The van der Waals surface area contributed by atoms with E-state index in [0.717, 1.165) is 55.1 Å². The Morgan fingerprint density at radius 2 is 2.02 bits per heavy atom. The molecule has 1 unspecified atom stereocenters. The third-order valence-corrected chi connectivity index (χ3v) is 7.02. The van der Waals surface area contributed by atoms with Crippen molar-refractivity contribution in [2.45, 2.75) is 25.6 Å². The molecular weight excluding hydrogens is 511 g/mol. The molecule has 9 nitrogen and oxygen atoms in total. The van der Waals surface area contributed by atoms with E-state index in [4.69, 9.17) is 9.47 Å². The van der Waals surface area contributed by atoms with E-state index in [1.807, 2.05) is 30.6 Å². The summed E-state index contributed by atoms with van der Waals surface area (Å²) in [6.07, 6.45) is 10.5. The van der Waals surface area contributed by atoms with E-state index in [1.54, 1.807) is 30.4 Å². The summed E-state index contributed by atoms with van der Waals surface area (Å²) in [6, 6.07) is 11.2. The summed E-state index contributed by atoms with van der Waals surface area (Å²) in [5, 5.41) is 10.7. The zero-order chi connectivity index (χ0) is 27.5. The number of fused-ring (bicyclic) bond motifs is 1. The minimum atomic E-state index is -1.59. The standard InChI is InChI=1S/C30H29FN6O3/c1-30(31)9-3-2-4-26(30)40-27-8-6-23(18-33-27)34-29(38)28-24-15-21(5-7-25(24)35-36-28)22-14-20(16-32-17-22)19-37-10-12-39-13-11-37/h2-8,14-18H,9-13,19H2,1H3,(H,34,38)(H,35,36). The first kappa shape index (κ1) is 25.8. The predicted molar refractivity (Wildman–Crippen MR) is 150 cm³/mol. The van der Waals surface area contributed by atoms with E-state index in [0.29, 0.717) is 11.1 Å². The number of aromatic amines is 1. The van der Waals surface area contributed by atoms with Crippen LogP contribution in [0.4, 0.5) is 10.1 Å². The molecule has 1 aliphatic heterocycles. The molecule has 0 bridgehead atoms. The Labute approximate surface area is 230 Å². The molecule has 1 aliphatic carbocycles. The van der Waals surface area contributed by atoms with Gasteiger partial charge in [-0.3, -0.25) is 19.8 Å². The second-order valence-corrected chi connectivity index (χ2v) is 10.1. The molecule has 4 aromatic rings. The molecule has 40 heavy (non-hydrogen) atoms. The van der Waals surface area contributed by atoms with Gasteiger partial charge in [-0.25, -0.2) is 9.37 Å².